The summed E-state index contributed by atoms with van der Waals surface area (Å²) in [4.78, 5) is 12.7. The number of hydrogen-bond acceptors (Lipinski definition) is 3. The Balaban J connectivity index is 1.38. The highest BCUT2D eigenvalue weighted by molar-refractivity contribution is 6.30. The van der Waals surface area contributed by atoms with E-state index in [-0.39, 0.29) is 11.9 Å². The molecule has 5 heteroatoms. The van der Waals surface area contributed by atoms with E-state index < -0.39 is 0 Å². The van der Waals surface area contributed by atoms with Crippen LogP contribution in [0.2, 0.25) is 5.02 Å². The Morgan fingerprint density at radius 2 is 1.89 bits per heavy atom. The van der Waals surface area contributed by atoms with Gasteiger partial charge in [0, 0.05) is 27.8 Å². The van der Waals surface area contributed by atoms with Gasteiger partial charge in [-0.1, -0.05) is 35.9 Å². The summed E-state index contributed by atoms with van der Waals surface area (Å²) in [5.74, 6) is 0.761. The summed E-state index contributed by atoms with van der Waals surface area (Å²) >= 11 is 6.12. The maximum Gasteiger partial charge on any atom is 0.224 e. The van der Waals surface area contributed by atoms with Gasteiger partial charge in [0.2, 0.25) is 5.91 Å². The molecule has 2 heterocycles. The first-order valence-electron chi connectivity index (χ1n) is 9.29. The molecule has 28 heavy (non-hydrogen) atoms. The SMILES string of the molecule is O=C(Cc1ccc2oc3ccccc3c2c1)N[C@@H]1CCOc2ccc(Cl)cc21. The zero-order valence-corrected chi connectivity index (χ0v) is 15.8. The van der Waals surface area contributed by atoms with E-state index in [4.69, 9.17) is 20.8 Å². The van der Waals surface area contributed by atoms with E-state index in [2.05, 4.69) is 5.32 Å². The van der Waals surface area contributed by atoms with Crippen molar-refractivity contribution in [1.29, 1.82) is 0 Å². The predicted molar refractivity (Wildman–Crippen MR) is 110 cm³/mol. The van der Waals surface area contributed by atoms with Gasteiger partial charge in [-0.25, -0.2) is 0 Å². The third-order valence-corrected chi connectivity index (χ3v) is 5.39. The zero-order chi connectivity index (χ0) is 19.1. The molecule has 4 aromatic rings. The van der Waals surface area contributed by atoms with E-state index in [0.717, 1.165) is 45.2 Å². The molecule has 1 aliphatic rings. The Morgan fingerprint density at radius 3 is 2.82 bits per heavy atom. The fraction of sp³-hybridized carbons (Fsp3) is 0.174. The second-order valence-electron chi connectivity index (χ2n) is 7.04. The number of benzene rings is 3. The van der Waals surface area contributed by atoms with Crippen LogP contribution < -0.4 is 10.1 Å². The van der Waals surface area contributed by atoms with E-state index in [1.165, 1.54) is 0 Å². The van der Waals surface area contributed by atoms with Crippen molar-refractivity contribution in [1.82, 2.24) is 5.32 Å². The van der Waals surface area contributed by atoms with Gasteiger partial charge in [-0.2, -0.15) is 0 Å². The van der Waals surface area contributed by atoms with Crippen LogP contribution in [0.5, 0.6) is 5.75 Å². The molecule has 5 rings (SSSR count). The van der Waals surface area contributed by atoms with Crippen LogP contribution in [0.1, 0.15) is 23.6 Å². The van der Waals surface area contributed by atoms with Crippen LogP contribution in [0.15, 0.2) is 65.1 Å². The monoisotopic (exact) mass is 391 g/mol. The summed E-state index contributed by atoms with van der Waals surface area (Å²) in [5.41, 5.74) is 3.58. The van der Waals surface area contributed by atoms with Gasteiger partial charge in [0.05, 0.1) is 19.1 Å². The minimum atomic E-state index is -0.0894. The molecule has 0 saturated heterocycles. The first kappa shape index (κ1) is 17.1. The molecule has 1 aliphatic heterocycles. The average molecular weight is 392 g/mol. The lowest BCUT2D eigenvalue weighted by Crippen LogP contribution is -2.33. The summed E-state index contributed by atoms with van der Waals surface area (Å²) in [7, 11) is 0. The molecule has 1 amide bonds. The fourth-order valence-corrected chi connectivity index (χ4v) is 4.01. The number of fused-ring (bicyclic) bond motifs is 4. The Hall–Kier alpha value is -2.98. The summed E-state index contributed by atoms with van der Waals surface area (Å²) in [6, 6.07) is 19.3. The molecule has 0 bridgehead atoms. The first-order valence-corrected chi connectivity index (χ1v) is 9.67. The molecular formula is C23H18ClNO3. The Labute approximate surface area is 167 Å². The number of carbonyl (C=O) groups excluding carboxylic acids is 1. The molecular weight excluding hydrogens is 374 g/mol. The van der Waals surface area contributed by atoms with Crippen LogP contribution in [0.3, 0.4) is 0 Å². The molecule has 1 aromatic heterocycles. The minimum Gasteiger partial charge on any atom is -0.493 e. The minimum absolute atomic E-state index is 0.0232. The maximum absolute atomic E-state index is 12.7. The molecule has 0 spiro atoms. The molecule has 1 atom stereocenters. The first-order chi connectivity index (χ1) is 13.7. The second kappa shape index (κ2) is 6.88. The number of amides is 1. The van der Waals surface area contributed by atoms with Crippen molar-refractivity contribution >= 4 is 39.4 Å². The van der Waals surface area contributed by atoms with Gasteiger partial charge >= 0.3 is 0 Å². The highest BCUT2D eigenvalue weighted by atomic mass is 35.5. The summed E-state index contributed by atoms with van der Waals surface area (Å²) in [5, 5.41) is 5.86. The molecule has 1 N–H and O–H groups in total. The quantitative estimate of drug-likeness (QED) is 0.507. The van der Waals surface area contributed by atoms with Gasteiger partial charge in [-0.05, 0) is 42.0 Å². The predicted octanol–water partition coefficient (Wildman–Crippen LogP) is 5.42. The van der Waals surface area contributed by atoms with E-state index in [1.807, 2.05) is 54.6 Å². The third-order valence-electron chi connectivity index (χ3n) is 5.15. The number of para-hydroxylation sites is 1. The number of furan rings is 1. The highest BCUT2D eigenvalue weighted by Gasteiger charge is 2.23. The molecule has 0 radical (unpaired) electrons. The van der Waals surface area contributed by atoms with Crippen LogP contribution in [-0.2, 0) is 11.2 Å². The van der Waals surface area contributed by atoms with Gasteiger partial charge in [0.1, 0.15) is 16.9 Å². The van der Waals surface area contributed by atoms with Gasteiger partial charge in [0.15, 0.2) is 0 Å². The van der Waals surface area contributed by atoms with Crippen molar-refractivity contribution in [2.75, 3.05) is 6.61 Å². The topological polar surface area (TPSA) is 51.5 Å². The molecule has 0 saturated carbocycles. The van der Waals surface area contributed by atoms with Gasteiger partial charge < -0.3 is 14.5 Å². The largest absolute Gasteiger partial charge is 0.493 e. The average Bonchev–Trinajstić information content (AvgIpc) is 3.06. The molecule has 0 unspecified atom stereocenters. The van der Waals surface area contributed by atoms with Crippen LogP contribution in [0, 0.1) is 0 Å². The van der Waals surface area contributed by atoms with E-state index in [1.54, 1.807) is 6.07 Å². The Bertz CT molecular complexity index is 1200. The molecule has 0 fully saturated rings. The van der Waals surface area contributed by atoms with Gasteiger partial charge in [-0.15, -0.1) is 0 Å². The maximum atomic E-state index is 12.7. The number of carbonyl (C=O) groups is 1. The van der Waals surface area contributed by atoms with Crippen LogP contribution in [0.25, 0.3) is 21.9 Å². The smallest absolute Gasteiger partial charge is 0.224 e. The van der Waals surface area contributed by atoms with Crippen LogP contribution >= 0.6 is 11.6 Å². The van der Waals surface area contributed by atoms with Crippen molar-refractivity contribution < 1.29 is 13.9 Å². The fourth-order valence-electron chi connectivity index (χ4n) is 3.83. The summed E-state index contributed by atoms with van der Waals surface area (Å²) in [6.45, 7) is 0.576. The number of hydrogen-bond donors (Lipinski definition) is 1. The Morgan fingerprint density at radius 1 is 1.04 bits per heavy atom. The number of rotatable bonds is 3. The Kier molecular flexibility index (Phi) is 4.21. The molecule has 0 aliphatic carbocycles. The van der Waals surface area contributed by atoms with Crippen molar-refractivity contribution in [3.63, 3.8) is 0 Å². The standard InChI is InChI=1S/C23H18ClNO3/c24-15-6-8-20-18(13-15)19(9-10-27-20)25-23(26)12-14-5-7-22-17(11-14)16-3-1-2-4-21(16)28-22/h1-8,11,13,19H,9-10,12H2,(H,25,26)/t19-/m1/s1. The lowest BCUT2D eigenvalue weighted by molar-refractivity contribution is -0.121. The number of nitrogens with one attached hydrogen (secondary N) is 1. The van der Waals surface area contributed by atoms with Crippen molar-refractivity contribution in [3.8, 4) is 5.75 Å². The lowest BCUT2D eigenvalue weighted by atomic mass is 10.00. The molecule has 140 valence electrons. The summed E-state index contributed by atoms with van der Waals surface area (Å²) in [6.07, 6.45) is 1.03. The van der Waals surface area contributed by atoms with Crippen molar-refractivity contribution in [2.45, 2.75) is 18.9 Å². The zero-order valence-electron chi connectivity index (χ0n) is 15.1. The molecule has 3 aromatic carbocycles. The third kappa shape index (κ3) is 3.10. The second-order valence-corrected chi connectivity index (χ2v) is 7.48. The van der Waals surface area contributed by atoms with Crippen molar-refractivity contribution in [3.05, 3.63) is 76.8 Å². The van der Waals surface area contributed by atoms with Crippen LogP contribution in [-0.4, -0.2) is 12.5 Å². The number of halogens is 1. The van der Waals surface area contributed by atoms with Crippen molar-refractivity contribution in [2.24, 2.45) is 0 Å². The van der Waals surface area contributed by atoms with Gasteiger partial charge in [-0.3, -0.25) is 4.79 Å². The van der Waals surface area contributed by atoms with Crippen LogP contribution in [0.4, 0.5) is 0 Å². The van der Waals surface area contributed by atoms with E-state index in [9.17, 15) is 4.79 Å². The number of ether oxygens (including phenoxy) is 1. The molecule has 4 nitrogen and oxygen atoms in total. The van der Waals surface area contributed by atoms with Gasteiger partial charge in [0.25, 0.3) is 0 Å². The lowest BCUT2D eigenvalue weighted by Gasteiger charge is -2.27. The normalized spacial score (nSPS) is 16.0. The van der Waals surface area contributed by atoms with E-state index >= 15 is 0 Å². The summed E-state index contributed by atoms with van der Waals surface area (Å²) < 4.78 is 11.5. The van der Waals surface area contributed by atoms with E-state index in [0.29, 0.717) is 18.1 Å². The highest BCUT2D eigenvalue weighted by Crippen LogP contribution is 2.34.